The molecule has 0 fully saturated rings. The van der Waals surface area contributed by atoms with Gasteiger partial charge >= 0.3 is 6.18 Å². The second-order valence-corrected chi connectivity index (χ2v) is 5.09. The van der Waals surface area contributed by atoms with E-state index in [1.165, 1.54) is 0 Å². The Morgan fingerprint density at radius 1 is 0.875 bits per heavy atom. The Kier molecular flexibility index (Phi) is 4.61. The quantitative estimate of drug-likeness (QED) is 0.690. The average molecular weight is 334 g/mol. The summed E-state index contributed by atoms with van der Waals surface area (Å²) < 4.78 is 46.6. The summed E-state index contributed by atoms with van der Waals surface area (Å²) in [5.74, 6) is 0.677. The van der Waals surface area contributed by atoms with E-state index in [0.717, 1.165) is 5.56 Å². The summed E-state index contributed by atoms with van der Waals surface area (Å²) in [4.78, 5) is 0. The number of rotatable bonds is 5. The molecule has 3 aromatic rings. The highest BCUT2D eigenvalue weighted by atomic mass is 19.4. The Bertz CT molecular complexity index is 801. The Hall–Kier alpha value is -2.67. The Morgan fingerprint density at radius 2 is 1.54 bits per heavy atom. The minimum Gasteiger partial charge on any atom is -0.416 e. The van der Waals surface area contributed by atoms with Gasteiger partial charge in [0.1, 0.15) is 6.61 Å². The third kappa shape index (κ3) is 4.20. The number of hydrogen-bond acceptors (Lipinski definition) is 4. The molecule has 24 heavy (non-hydrogen) atoms. The molecular weight excluding hydrogens is 321 g/mol. The van der Waals surface area contributed by atoms with E-state index in [4.69, 9.17) is 4.42 Å². The summed E-state index contributed by atoms with van der Waals surface area (Å²) in [7, 11) is 0. The largest absolute Gasteiger partial charge is 0.416 e. The van der Waals surface area contributed by atoms with Gasteiger partial charge in [-0.25, -0.2) is 0 Å². The molecule has 0 saturated heterocycles. The van der Waals surface area contributed by atoms with Crippen LogP contribution in [0.15, 0.2) is 59.0 Å². The maximum atomic E-state index is 12.1. The van der Waals surface area contributed by atoms with Gasteiger partial charge in [-0.2, -0.15) is 13.2 Å². The molecule has 2 aromatic carbocycles. The molecule has 3 rings (SSSR count). The lowest BCUT2D eigenvalue weighted by Crippen LogP contribution is -2.16. The van der Waals surface area contributed by atoms with Gasteiger partial charge in [0.15, 0.2) is 0 Å². The highest BCUT2D eigenvalue weighted by Crippen LogP contribution is 2.24. The number of hydrogen-bond donors (Lipinski definition) is 0. The van der Waals surface area contributed by atoms with Gasteiger partial charge in [-0.3, -0.25) is 0 Å². The van der Waals surface area contributed by atoms with Gasteiger partial charge in [0.25, 0.3) is 0 Å². The fourth-order valence-electron chi connectivity index (χ4n) is 2.12. The van der Waals surface area contributed by atoms with Crippen molar-refractivity contribution in [2.24, 2.45) is 0 Å². The summed E-state index contributed by atoms with van der Waals surface area (Å²) in [6, 6.07) is 16.1. The standard InChI is InChI=1S/C17H13F3N2O2/c18-17(19,20)11-23-10-12-5-4-8-14(9-12)16-22-21-15(24-16)13-6-2-1-3-7-13/h1-9H,10-11H2. The van der Waals surface area contributed by atoms with Crippen molar-refractivity contribution >= 4 is 0 Å². The second kappa shape index (κ2) is 6.84. The molecule has 0 radical (unpaired) electrons. The van der Waals surface area contributed by atoms with Gasteiger partial charge in [-0.15, -0.1) is 10.2 Å². The fourth-order valence-corrected chi connectivity index (χ4v) is 2.12. The number of nitrogens with zero attached hydrogens (tertiary/aromatic N) is 2. The smallest absolute Gasteiger partial charge is 0.411 e. The van der Waals surface area contributed by atoms with Crippen LogP contribution in [0.5, 0.6) is 0 Å². The lowest BCUT2D eigenvalue weighted by molar-refractivity contribution is -0.176. The van der Waals surface area contributed by atoms with Crippen LogP contribution in [0, 0.1) is 0 Å². The van der Waals surface area contributed by atoms with Crippen molar-refractivity contribution < 1.29 is 22.3 Å². The topological polar surface area (TPSA) is 48.2 Å². The molecular formula is C17H13F3N2O2. The molecule has 4 nitrogen and oxygen atoms in total. The van der Waals surface area contributed by atoms with Crippen molar-refractivity contribution in [1.82, 2.24) is 10.2 Å². The Morgan fingerprint density at radius 3 is 2.25 bits per heavy atom. The van der Waals surface area contributed by atoms with Gasteiger partial charge in [-0.1, -0.05) is 30.3 Å². The maximum absolute atomic E-state index is 12.1. The van der Waals surface area contributed by atoms with Crippen molar-refractivity contribution in [2.45, 2.75) is 12.8 Å². The number of benzene rings is 2. The highest BCUT2D eigenvalue weighted by Gasteiger charge is 2.27. The molecule has 1 heterocycles. The van der Waals surface area contributed by atoms with E-state index < -0.39 is 12.8 Å². The van der Waals surface area contributed by atoms with Crippen LogP contribution in [0.2, 0.25) is 0 Å². The van der Waals surface area contributed by atoms with Crippen LogP contribution in [-0.2, 0) is 11.3 Å². The molecule has 0 bridgehead atoms. The number of alkyl halides is 3. The third-order valence-corrected chi connectivity index (χ3v) is 3.15. The van der Waals surface area contributed by atoms with Crippen molar-refractivity contribution in [3.63, 3.8) is 0 Å². The van der Waals surface area contributed by atoms with Crippen LogP contribution in [0.1, 0.15) is 5.56 Å². The first-order valence-electron chi connectivity index (χ1n) is 7.14. The molecule has 0 aliphatic rings. The van der Waals surface area contributed by atoms with Gasteiger partial charge < -0.3 is 9.15 Å². The molecule has 124 valence electrons. The summed E-state index contributed by atoms with van der Waals surface area (Å²) in [6.07, 6.45) is -4.34. The van der Waals surface area contributed by atoms with Crippen molar-refractivity contribution in [3.05, 3.63) is 60.2 Å². The van der Waals surface area contributed by atoms with Crippen LogP contribution in [0.4, 0.5) is 13.2 Å². The summed E-state index contributed by atoms with van der Waals surface area (Å²) >= 11 is 0. The first-order valence-corrected chi connectivity index (χ1v) is 7.14. The third-order valence-electron chi connectivity index (χ3n) is 3.15. The second-order valence-electron chi connectivity index (χ2n) is 5.09. The van der Waals surface area contributed by atoms with Gasteiger partial charge in [0.05, 0.1) is 6.61 Å². The molecule has 0 saturated carbocycles. The fraction of sp³-hybridized carbons (Fsp3) is 0.176. The van der Waals surface area contributed by atoms with E-state index in [2.05, 4.69) is 14.9 Å². The zero-order valence-corrected chi connectivity index (χ0v) is 12.5. The minimum atomic E-state index is -4.34. The number of aromatic nitrogens is 2. The molecule has 0 N–H and O–H groups in total. The van der Waals surface area contributed by atoms with E-state index in [1.807, 2.05) is 30.3 Å². The summed E-state index contributed by atoms with van der Waals surface area (Å²) in [6.45, 7) is -1.43. The predicted molar refractivity (Wildman–Crippen MR) is 80.9 cm³/mol. The summed E-state index contributed by atoms with van der Waals surface area (Å²) in [5.41, 5.74) is 2.01. The highest BCUT2D eigenvalue weighted by molar-refractivity contribution is 5.58. The lowest BCUT2D eigenvalue weighted by Gasteiger charge is -2.08. The molecule has 0 amide bonds. The maximum Gasteiger partial charge on any atom is 0.411 e. The Balaban J connectivity index is 1.74. The molecule has 0 aliphatic carbocycles. The normalized spacial score (nSPS) is 11.6. The van der Waals surface area contributed by atoms with Gasteiger partial charge in [-0.05, 0) is 29.8 Å². The monoisotopic (exact) mass is 334 g/mol. The number of ether oxygens (including phenoxy) is 1. The van der Waals surface area contributed by atoms with E-state index in [9.17, 15) is 13.2 Å². The van der Waals surface area contributed by atoms with Gasteiger partial charge in [0, 0.05) is 11.1 Å². The molecule has 0 unspecified atom stereocenters. The zero-order chi connectivity index (χ0) is 17.0. The van der Waals surface area contributed by atoms with E-state index in [1.54, 1.807) is 24.3 Å². The SMILES string of the molecule is FC(F)(F)COCc1cccc(-c2nnc(-c3ccccc3)o2)c1. The predicted octanol–water partition coefficient (Wildman–Crippen LogP) is 4.48. The van der Waals surface area contributed by atoms with Crippen molar-refractivity contribution in [1.29, 1.82) is 0 Å². The van der Waals surface area contributed by atoms with E-state index in [0.29, 0.717) is 22.9 Å². The van der Waals surface area contributed by atoms with Crippen LogP contribution in [-0.4, -0.2) is 23.0 Å². The van der Waals surface area contributed by atoms with Crippen LogP contribution in [0.25, 0.3) is 22.9 Å². The number of halogens is 3. The average Bonchev–Trinajstić information content (AvgIpc) is 3.05. The van der Waals surface area contributed by atoms with Gasteiger partial charge in [0.2, 0.25) is 11.8 Å². The lowest BCUT2D eigenvalue weighted by atomic mass is 10.1. The van der Waals surface area contributed by atoms with Crippen LogP contribution in [0.3, 0.4) is 0 Å². The molecule has 0 spiro atoms. The van der Waals surface area contributed by atoms with Crippen molar-refractivity contribution in [3.8, 4) is 22.9 Å². The van der Waals surface area contributed by atoms with Crippen LogP contribution >= 0.6 is 0 Å². The van der Waals surface area contributed by atoms with E-state index in [-0.39, 0.29) is 6.61 Å². The first kappa shape index (κ1) is 16.2. The first-order chi connectivity index (χ1) is 11.5. The minimum absolute atomic E-state index is 0.146. The molecule has 0 aliphatic heterocycles. The summed E-state index contributed by atoms with van der Waals surface area (Å²) in [5, 5.41) is 7.98. The molecule has 7 heteroatoms. The van der Waals surface area contributed by atoms with Crippen LogP contribution < -0.4 is 0 Å². The van der Waals surface area contributed by atoms with E-state index >= 15 is 0 Å². The molecule has 0 atom stereocenters. The van der Waals surface area contributed by atoms with Crippen molar-refractivity contribution in [2.75, 3.05) is 6.61 Å². The molecule has 1 aromatic heterocycles. The zero-order valence-electron chi connectivity index (χ0n) is 12.5. The Labute approximate surface area is 135 Å².